The van der Waals surface area contributed by atoms with E-state index in [1.807, 2.05) is 0 Å². The lowest BCUT2D eigenvalue weighted by atomic mass is 9.81. The van der Waals surface area contributed by atoms with E-state index in [-0.39, 0.29) is 47.3 Å². The van der Waals surface area contributed by atoms with Crippen molar-refractivity contribution < 1.29 is 0 Å². The molecule has 8 atom stereocenters. The molecule has 2 aliphatic rings. The fourth-order valence-corrected chi connectivity index (χ4v) is 16.5. The summed E-state index contributed by atoms with van der Waals surface area (Å²) < 4.78 is 0. The molecule has 0 fully saturated rings. The third-order valence-corrected chi connectivity index (χ3v) is 22.8. The van der Waals surface area contributed by atoms with Crippen molar-refractivity contribution in [3.63, 3.8) is 0 Å². The lowest BCUT2D eigenvalue weighted by Crippen LogP contribution is -2.07. The molecule has 12 aromatic carbocycles. The number of aromatic nitrogens is 8. The first-order chi connectivity index (χ1) is 50.9. The molecule has 8 heteroatoms. The van der Waals surface area contributed by atoms with E-state index in [1.165, 1.54) is 89.0 Å². The molecule has 8 nitrogen and oxygen atoms in total. The summed E-state index contributed by atoms with van der Waals surface area (Å²) in [6.07, 6.45) is 0. The van der Waals surface area contributed by atoms with E-state index in [4.69, 9.17) is 29.9 Å². The number of nitrogens with zero attached hydrogens (tertiary/aromatic N) is 6. The Kier molecular flexibility index (Phi) is 17.2. The van der Waals surface area contributed by atoms with Crippen LogP contribution in [0.1, 0.15) is 192 Å². The Hall–Kier alpha value is -12.0. The fourth-order valence-electron chi connectivity index (χ4n) is 16.5. The maximum absolute atomic E-state index is 5.89. The Labute approximate surface area is 608 Å². The Balaban J connectivity index is 1.03. The van der Waals surface area contributed by atoms with Crippen LogP contribution in [0.5, 0.6) is 0 Å². The summed E-state index contributed by atoms with van der Waals surface area (Å²) in [6.45, 7) is 18.6. The molecule has 0 amide bonds. The van der Waals surface area contributed by atoms with Crippen LogP contribution in [0, 0.1) is 0 Å². The lowest BCUT2D eigenvalue weighted by molar-refractivity contribution is 0.844. The maximum atomic E-state index is 5.89. The second-order valence-corrected chi connectivity index (χ2v) is 28.8. The van der Waals surface area contributed by atoms with Gasteiger partial charge in [0.2, 0.25) is 0 Å². The van der Waals surface area contributed by atoms with Gasteiger partial charge < -0.3 is 9.97 Å². The van der Waals surface area contributed by atoms with Crippen LogP contribution in [0.4, 0.5) is 0 Å². The minimum atomic E-state index is 0.00899. The van der Waals surface area contributed by atoms with E-state index in [0.29, 0.717) is 45.9 Å². The number of hydrogen-bond acceptors (Lipinski definition) is 6. The van der Waals surface area contributed by atoms with E-state index < -0.39 is 0 Å². The number of fused-ring (bicyclic) bond motifs is 20. The quantitative estimate of drug-likeness (QED) is 0.0998. The van der Waals surface area contributed by atoms with E-state index in [9.17, 15) is 0 Å². The summed E-state index contributed by atoms with van der Waals surface area (Å²) in [5.41, 5.74) is 25.6. The van der Waals surface area contributed by atoms with Gasteiger partial charge in [0, 0.05) is 91.1 Å². The highest BCUT2D eigenvalue weighted by atomic mass is 15.1. The topological polar surface area (TPSA) is 109 Å². The van der Waals surface area contributed by atoms with Crippen molar-refractivity contribution in [1.82, 2.24) is 39.9 Å². The van der Waals surface area contributed by atoms with Crippen molar-refractivity contribution in [2.45, 2.75) is 103 Å². The number of rotatable bonds is 16. The first-order valence-electron chi connectivity index (χ1n) is 36.8. The van der Waals surface area contributed by atoms with E-state index in [2.05, 4.69) is 357 Å². The molecule has 17 rings (SSSR count). The number of hydrogen-bond donors (Lipinski definition) is 2. The molecule has 2 N–H and O–H groups in total. The molecular formula is C96H82N8. The summed E-state index contributed by atoms with van der Waals surface area (Å²) in [5.74, 6) is 2.30. The van der Waals surface area contributed by atoms with Crippen molar-refractivity contribution >= 4 is 44.1 Å². The number of benzene rings is 12. The van der Waals surface area contributed by atoms with Gasteiger partial charge in [-0.3, -0.25) is 0 Å². The van der Waals surface area contributed by atoms with Crippen LogP contribution in [-0.4, -0.2) is 39.9 Å². The first-order valence-corrected chi connectivity index (χ1v) is 36.8. The number of H-pyrrole nitrogens is 2. The highest BCUT2D eigenvalue weighted by Crippen LogP contribution is 2.48. The molecule has 0 saturated heterocycles. The molecule has 5 heterocycles. The van der Waals surface area contributed by atoms with Crippen LogP contribution in [0.2, 0.25) is 0 Å². The van der Waals surface area contributed by atoms with Gasteiger partial charge in [-0.05, 0) is 138 Å². The molecule has 0 spiro atoms. The van der Waals surface area contributed by atoms with Gasteiger partial charge in [0.1, 0.15) is 22.6 Å². The van der Waals surface area contributed by atoms with Gasteiger partial charge in [0.25, 0.3) is 0 Å². The summed E-state index contributed by atoms with van der Waals surface area (Å²) in [4.78, 5) is 42.9. The van der Waals surface area contributed by atoms with Crippen molar-refractivity contribution in [2.75, 3.05) is 0 Å². The fraction of sp³-hybridized carbons (Fsp3) is 0.167. The molecule has 3 aromatic heterocycles. The summed E-state index contributed by atoms with van der Waals surface area (Å²) in [7, 11) is 0. The second kappa shape index (κ2) is 27.4. The van der Waals surface area contributed by atoms with Gasteiger partial charge in [-0.15, -0.1) is 0 Å². The van der Waals surface area contributed by atoms with E-state index in [1.54, 1.807) is 0 Å². The SMILES string of the molecule is C[C@H](c1ccccc1)c1cc2c(cc1[C@H](C)c1ccccc1)-c1nc-2nc2[nH]c(nc3nc(nc4[nH]c(n1)c1cc([C@H](C)c5ccccc5)c([C@H](C)c5ccccc5)cc41)-c1cc([C@H](C)c4ccccc4)c([C@H](C)c4ccccc4)cc1-3)c1cc([C@H](C)c3ccccc3)c([C@H](C)c3ccccc3)cc21. The van der Waals surface area contributed by atoms with Crippen molar-refractivity contribution in [3.05, 3.63) is 380 Å². The predicted molar refractivity (Wildman–Crippen MR) is 428 cm³/mol. The van der Waals surface area contributed by atoms with Gasteiger partial charge in [-0.1, -0.05) is 298 Å². The Morgan fingerprint density at radius 3 is 0.481 bits per heavy atom. The van der Waals surface area contributed by atoms with Crippen molar-refractivity contribution in [1.29, 1.82) is 0 Å². The molecule has 0 saturated carbocycles. The van der Waals surface area contributed by atoms with Crippen LogP contribution >= 0.6 is 0 Å². The lowest BCUT2D eigenvalue weighted by Gasteiger charge is -2.23. The zero-order valence-electron chi connectivity index (χ0n) is 60.0. The largest absolute Gasteiger partial charge is 0.324 e. The van der Waals surface area contributed by atoms with Crippen LogP contribution in [0.25, 0.3) is 89.7 Å². The zero-order valence-corrected chi connectivity index (χ0v) is 60.0. The summed E-state index contributed by atoms with van der Waals surface area (Å²) in [6, 6.07) is 106. The second-order valence-electron chi connectivity index (χ2n) is 28.8. The average Bonchev–Trinajstić information content (AvgIpc) is 1.60. The third kappa shape index (κ3) is 12.0. The van der Waals surface area contributed by atoms with Gasteiger partial charge >= 0.3 is 0 Å². The molecule has 2 aliphatic heterocycles. The van der Waals surface area contributed by atoms with E-state index in [0.717, 1.165) is 43.8 Å². The highest BCUT2D eigenvalue weighted by Gasteiger charge is 2.32. The maximum Gasteiger partial charge on any atom is 0.164 e. The minimum absolute atomic E-state index is 0.00899. The monoisotopic (exact) mass is 1350 g/mol. The van der Waals surface area contributed by atoms with Gasteiger partial charge in [0.15, 0.2) is 23.3 Å². The Morgan fingerprint density at radius 2 is 0.327 bits per heavy atom. The number of aromatic amines is 2. The van der Waals surface area contributed by atoms with Crippen molar-refractivity contribution in [2.24, 2.45) is 0 Å². The van der Waals surface area contributed by atoms with Crippen LogP contribution in [-0.2, 0) is 0 Å². The van der Waals surface area contributed by atoms with E-state index >= 15 is 0 Å². The Bertz CT molecular complexity index is 5150. The van der Waals surface area contributed by atoms with Crippen LogP contribution in [0.15, 0.2) is 291 Å². The van der Waals surface area contributed by atoms with Crippen molar-refractivity contribution in [3.8, 4) is 45.6 Å². The van der Waals surface area contributed by atoms with Gasteiger partial charge in [-0.25, -0.2) is 29.9 Å². The summed E-state index contributed by atoms with van der Waals surface area (Å²) >= 11 is 0. The molecule has 506 valence electrons. The summed E-state index contributed by atoms with van der Waals surface area (Å²) in [5, 5.41) is 3.70. The highest BCUT2D eigenvalue weighted by molar-refractivity contribution is 6.07. The first kappa shape index (κ1) is 65.3. The average molecular weight is 1350 g/mol. The minimum Gasteiger partial charge on any atom is -0.324 e. The standard InChI is InChI=1S/C96H82N8/c1-57(65-33-17-9-18-34-65)73-49-81-82(50-74(73)58(2)66-35-19-10-20-36-66)90-97-89(81)101-91-83-51-75(59(3)67-37-21-11-22-38-67)76(60(4)68-39-23-12-24-40-68)52-84(83)93(98-91)103-95-87-55-79(63(7)71-45-29-15-30-46-71)80(64(8)72-47-31-16-32-48-72)56-88(87)96(100-95)104-94-86-54-78(62(6)70-43-27-14-28-44-70)77(53-85(86)92(99-94)102-90)61(5)69-41-25-13-26-42-69/h9-64H,1-8H3,(H2,97,98,99,100,101,102,103,104)/t57-,58-,59-,60-,61-,62-,63-,64-/m1/s1. The molecule has 104 heavy (non-hydrogen) atoms. The number of nitrogens with one attached hydrogen (secondary N) is 2. The molecule has 8 bridgehead atoms. The van der Waals surface area contributed by atoms with Gasteiger partial charge in [-0.2, -0.15) is 0 Å². The molecule has 15 aromatic rings. The molecule has 0 aliphatic carbocycles. The third-order valence-electron chi connectivity index (χ3n) is 22.8. The normalized spacial score (nSPS) is 14.2. The van der Waals surface area contributed by atoms with Crippen LogP contribution in [0.3, 0.4) is 0 Å². The Morgan fingerprint density at radius 1 is 0.183 bits per heavy atom. The van der Waals surface area contributed by atoms with Gasteiger partial charge in [0.05, 0.1) is 0 Å². The molecule has 0 radical (unpaired) electrons. The zero-order chi connectivity index (χ0) is 70.7. The molecule has 0 unspecified atom stereocenters. The smallest absolute Gasteiger partial charge is 0.164 e. The predicted octanol–water partition coefficient (Wildman–Crippen LogP) is 24.1. The molecular weight excluding hydrogens is 1270 g/mol. The van der Waals surface area contributed by atoms with Crippen LogP contribution < -0.4 is 0 Å².